The van der Waals surface area contributed by atoms with E-state index in [0.29, 0.717) is 22.3 Å². The second kappa shape index (κ2) is 6.64. The monoisotopic (exact) mass is 421 g/mol. The number of halogens is 2. The number of nitrogens with zero attached hydrogens (tertiary/aromatic N) is 3. The highest BCUT2D eigenvalue weighted by molar-refractivity contribution is 6.31. The Morgan fingerprint density at radius 3 is 2.80 bits per heavy atom. The fraction of sp³-hybridized carbons (Fsp3) is 0.0476. The van der Waals surface area contributed by atoms with E-state index in [1.165, 1.54) is 24.5 Å². The van der Waals surface area contributed by atoms with E-state index in [0.717, 1.165) is 5.56 Å². The van der Waals surface area contributed by atoms with Gasteiger partial charge in [0.15, 0.2) is 5.65 Å². The maximum absolute atomic E-state index is 13.8. The van der Waals surface area contributed by atoms with Crippen LogP contribution in [0.25, 0.3) is 16.8 Å². The first-order valence-corrected chi connectivity index (χ1v) is 9.33. The molecular weight excluding hydrogens is 409 g/mol. The van der Waals surface area contributed by atoms with Crippen molar-refractivity contribution in [3.05, 3.63) is 88.1 Å². The molecule has 1 atom stereocenters. The van der Waals surface area contributed by atoms with E-state index in [9.17, 15) is 14.0 Å². The van der Waals surface area contributed by atoms with Crippen molar-refractivity contribution in [3.8, 4) is 11.1 Å². The maximum Gasteiger partial charge on any atom is 0.252 e. The van der Waals surface area contributed by atoms with Gasteiger partial charge in [-0.15, -0.1) is 0 Å². The molecule has 5 rings (SSSR count). The Morgan fingerprint density at radius 1 is 1.17 bits per heavy atom. The molecule has 3 heterocycles. The summed E-state index contributed by atoms with van der Waals surface area (Å²) in [5, 5.41) is 7.15. The number of carbonyl (C=O) groups excluding carboxylic acids is 2. The van der Waals surface area contributed by atoms with Gasteiger partial charge in [-0.3, -0.25) is 9.59 Å². The zero-order chi connectivity index (χ0) is 21.0. The summed E-state index contributed by atoms with van der Waals surface area (Å²) >= 11 is 6.24. The molecule has 0 bridgehead atoms. The van der Waals surface area contributed by atoms with E-state index >= 15 is 0 Å². The largest absolute Gasteiger partial charge is 0.366 e. The van der Waals surface area contributed by atoms with Crippen LogP contribution in [0.15, 0.2) is 55.0 Å². The molecule has 30 heavy (non-hydrogen) atoms. The van der Waals surface area contributed by atoms with Crippen molar-refractivity contribution in [3.63, 3.8) is 0 Å². The molecule has 1 aliphatic heterocycles. The molecule has 3 N–H and O–H groups in total. The van der Waals surface area contributed by atoms with Gasteiger partial charge in [0.25, 0.3) is 5.91 Å². The lowest BCUT2D eigenvalue weighted by Crippen LogP contribution is -2.22. The SMILES string of the molecule is NC(=O)c1cc(-c2ccc3ncnn3c2)cc2c1C(c1cc(F)ccc1Cl)NC2=O. The summed E-state index contributed by atoms with van der Waals surface area (Å²) in [5.74, 6) is -1.61. The Balaban J connectivity index is 1.72. The predicted molar refractivity (Wildman–Crippen MR) is 108 cm³/mol. The molecule has 0 saturated heterocycles. The summed E-state index contributed by atoms with van der Waals surface area (Å²) in [6.07, 6.45) is 3.17. The topological polar surface area (TPSA) is 102 Å². The van der Waals surface area contributed by atoms with Crippen molar-refractivity contribution in [2.75, 3.05) is 0 Å². The molecule has 0 radical (unpaired) electrons. The molecule has 1 unspecified atom stereocenters. The Labute approximate surface area is 174 Å². The molecule has 0 aliphatic carbocycles. The lowest BCUT2D eigenvalue weighted by atomic mass is 9.90. The van der Waals surface area contributed by atoms with Crippen LogP contribution in [0.4, 0.5) is 4.39 Å². The maximum atomic E-state index is 13.8. The van der Waals surface area contributed by atoms with E-state index < -0.39 is 23.7 Å². The van der Waals surface area contributed by atoms with Gasteiger partial charge < -0.3 is 11.1 Å². The van der Waals surface area contributed by atoms with Crippen molar-refractivity contribution in [1.29, 1.82) is 0 Å². The van der Waals surface area contributed by atoms with Crippen molar-refractivity contribution in [2.45, 2.75) is 6.04 Å². The highest BCUT2D eigenvalue weighted by Gasteiger charge is 2.35. The first kappa shape index (κ1) is 18.3. The predicted octanol–water partition coefficient (Wildman–Crippen LogP) is 3.12. The molecule has 2 amide bonds. The van der Waals surface area contributed by atoms with Crippen molar-refractivity contribution < 1.29 is 14.0 Å². The van der Waals surface area contributed by atoms with Crippen LogP contribution in [0.2, 0.25) is 5.02 Å². The number of amides is 2. The highest BCUT2D eigenvalue weighted by atomic mass is 35.5. The standard InChI is InChI=1S/C21H13ClFN5O2/c22-16-3-2-12(23)7-13(16)19-18-14(20(24)29)5-11(6-15(18)21(30)27-19)10-1-4-17-25-9-26-28(17)8-10/h1-9,19H,(H2,24,29)(H,27,30). The zero-order valence-corrected chi connectivity index (χ0v) is 16.0. The van der Waals surface area contributed by atoms with Gasteiger partial charge in [0.2, 0.25) is 5.91 Å². The Bertz CT molecular complexity index is 1370. The highest BCUT2D eigenvalue weighted by Crippen LogP contribution is 2.39. The van der Waals surface area contributed by atoms with Crippen LogP contribution in [-0.4, -0.2) is 26.4 Å². The summed E-state index contributed by atoms with van der Waals surface area (Å²) < 4.78 is 15.4. The number of aromatic nitrogens is 3. The first-order valence-electron chi connectivity index (χ1n) is 8.95. The minimum atomic E-state index is -0.787. The summed E-state index contributed by atoms with van der Waals surface area (Å²) in [5.41, 5.74) is 8.81. The van der Waals surface area contributed by atoms with Gasteiger partial charge in [0.1, 0.15) is 12.1 Å². The van der Waals surface area contributed by atoms with Crippen LogP contribution < -0.4 is 11.1 Å². The number of carbonyl (C=O) groups is 2. The van der Waals surface area contributed by atoms with Gasteiger partial charge in [-0.2, -0.15) is 5.10 Å². The summed E-state index contributed by atoms with van der Waals surface area (Å²) in [6, 6.07) is 9.94. The molecule has 148 valence electrons. The number of benzene rings is 2. The Hall–Kier alpha value is -3.78. The van der Waals surface area contributed by atoms with Gasteiger partial charge in [-0.05, 0) is 48.0 Å². The summed E-state index contributed by atoms with van der Waals surface area (Å²) in [6.45, 7) is 0. The summed E-state index contributed by atoms with van der Waals surface area (Å²) in [4.78, 5) is 29.1. The number of hydrogen-bond donors (Lipinski definition) is 2. The quantitative estimate of drug-likeness (QED) is 0.530. The summed E-state index contributed by atoms with van der Waals surface area (Å²) in [7, 11) is 0. The van der Waals surface area contributed by atoms with Crippen LogP contribution in [0.1, 0.15) is 37.9 Å². The number of nitrogens with two attached hydrogens (primary N) is 1. The lowest BCUT2D eigenvalue weighted by molar-refractivity contribution is 0.0958. The van der Waals surface area contributed by atoms with E-state index in [4.69, 9.17) is 17.3 Å². The molecule has 0 spiro atoms. The molecule has 2 aromatic carbocycles. The number of primary amides is 1. The minimum absolute atomic E-state index is 0.157. The average Bonchev–Trinajstić information content (AvgIpc) is 3.33. The molecule has 2 aromatic heterocycles. The van der Waals surface area contributed by atoms with Gasteiger partial charge in [-0.25, -0.2) is 13.9 Å². The first-order chi connectivity index (χ1) is 14.4. The molecular formula is C21H13ClFN5O2. The van der Waals surface area contributed by atoms with E-state index in [1.807, 2.05) is 6.07 Å². The lowest BCUT2D eigenvalue weighted by Gasteiger charge is -2.17. The second-order valence-corrected chi connectivity index (χ2v) is 7.31. The van der Waals surface area contributed by atoms with Crippen LogP contribution in [0.5, 0.6) is 0 Å². The third-order valence-corrected chi connectivity index (χ3v) is 5.47. The third kappa shape index (κ3) is 2.81. The van der Waals surface area contributed by atoms with Crippen molar-refractivity contribution in [1.82, 2.24) is 19.9 Å². The number of nitrogens with one attached hydrogen (secondary N) is 1. The van der Waals surface area contributed by atoms with Gasteiger partial charge in [-0.1, -0.05) is 11.6 Å². The number of hydrogen-bond acceptors (Lipinski definition) is 4. The Kier molecular flexibility index (Phi) is 4.04. The number of pyridine rings is 1. The number of rotatable bonds is 3. The van der Waals surface area contributed by atoms with Gasteiger partial charge >= 0.3 is 0 Å². The third-order valence-electron chi connectivity index (χ3n) is 5.13. The van der Waals surface area contributed by atoms with E-state index in [-0.39, 0.29) is 16.1 Å². The van der Waals surface area contributed by atoms with E-state index in [1.54, 1.807) is 28.9 Å². The minimum Gasteiger partial charge on any atom is -0.366 e. The average molecular weight is 422 g/mol. The normalized spacial score (nSPS) is 15.3. The Morgan fingerprint density at radius 2 is 2.00 bits per heavy atom. The molecule has 9 heteroatoms. The zero-order valence-electron chi connectivity index (χ0n) is 15.3. The van der Waals surface area contributed by atoms with Gasteiger partial charge in [0.05, 0.1) is 6.04 Å². The van der Waals surface area contributed by atoms with Crippen LogP contribution >= 0.6 is 11.6 Å². The molecule has 7 nitrogen and oxygen atoms in total. The molecule has 0 saturated carbocycles. The second-order valence-electron chi connectivity index (χ2n) is 6.90. The van der Waals surface area contributed by atoms with Crippen molar-refractivity contribution in [2.24, 2.45) is 5.73 Å². The fourth-order valence-electron chi connectivity index (χ4n) is 3.76. The van der Waals surface area contributed by atoms with Crippen LogP contribution in [0.3, 0.4) is 0 Å². The number of fused-ring (bicyclic) bond motifs is 2. The van der Waals surface area contributed by atoms with E-state index in [2.05, 4.69) is 15.4 Å². The molecule has 4 aromatic rings. The van der Waals surface area contributed by atoms with Crippen LogP contribution in [-0.2, 0) is 0 Å². The molecule has 1 aliphatic rings. The molecule has 0 fully saturated rings. The smallest absolute Gasteiger partial charge is 0.252 e. The van der Waals surface area contributed by atoms with Crippen molar-refractivity contribution >= 4 is 29.1 Å². The van der Waals surface area contributed by atoms with Crippen LogP contribution in [0, 0.1) is 5.82 Å². The fourth-order valence-corrected chi connectivity index (χ4v) is 3.99. The van der Waals surface area contributed by atoms with Gasteiger partial charge in [0, 0.05) is 39.0 Å².